The second kappa shape index (κ2) is 5.44. The van der Waals surface area contributed by atoms with Crippen molar-refractivity contribution in [2.45, 2.75) is 6.18 Å². The molecule has 0 aliphatic rings. The predicted molar refractivity (Wildman–Crippen MR) is 69.8 cm³/mol. The molecule has 0 heterocycles. The number of nitro benzene ring substituents is 1. The average molecular weight is 310 g/mol. The summed E-state index contributed by atoms with van der Waals surface area (Å²) >= 11 is 0. The Morgan fingerprint density at radius 3 is 2.36 bits per heavy atom. The molecule has 22 heavy (non-hydrogen) atoms. The Morgan fingerprint density at radius 1 is 1.14 bits per heavy atom. The van der Waals surface area contributed by atoms with Crippen molar-refractivity contribution in [3.05, 3.63) is 69.3 Å². The zero-order valence-corrected chi connectivity index (χ0v) is 10.7. The zero-order valence-electron chi connectivity index (χ0n) is 10.7. The summed E-state index contributed by atoms with van der Waals surface area (Å²) in [5.41, 5.74) is -2.73. The number of nitro groups is 1. The molecule has 0 spiro atoms. The fourth-order valence-corrected chi connectivity index (χ4v) is 1.93. The highest BCUT2D eigenvalue weighted by Crippen LogP contribution is 2.40. The van der Waals surface area contributed by atoms with Crippen molar-refractivity contribution in [1.82, 2.24) is 0 Å². The number of halogens is 4. The molecule has 2 aromatic rings. The maximum atomic E-state index is 13.1. The molecule has 0 fully saturated rings. The Balaban J connectivity index is 2.70. The molecule has 0 saturated heterocycles. The van der Waals surface area contributed by atoms with Gasteiger partial charge in [0.25, 0.3) is 5.69 Å². The van der Waals surface area contributed by atoms with Gasteiger partial charge in [0.2, 0.25) is 0 Å². The standard InChI is InChI=1S/C14H6F4N2O2/c1-19-12-5-2-8(6-11(12)14(16,17)18)10-4-3-9(15)7-13(10)20(21)22/h2-7H. The number of hydrogen-bond donors (Lipinski definition) is 0. The largest absolute Gasteiger partial charge is 0.407 e. The molecule has 0 amide bonds. The zero-order chi connectivity index (χ0) is 16.5. The predicted octanol–water partition coefficient (Wildman–Crippen LogP) is 4.97. The van der Waals surface area contributed by atoms with Crippen molar-refractivity contribution >= 4 is 11.4 Å². The van der Waals surface area contributed by atoms with E-state index in [9.17, 15) is 27.7 Å². The smallest absolute Gasteiger partial charge is 0.258 e. The molecule has 0 saturated carbocycles. The summed E-state index contributed by atoms with van der Waals surface area (Å²) in [4.78, 5) is 12.8. The van der Waals surface area contributed by atoms with Gasteiger partial charge in [-0.05, 0) is 17.7 Å². The lowest BCUT2D eigenvalue weighted by atomic mass is 10.00. The molecule has 0 unspecified atom stereocenters. The summed E-state index contributed by atoms with van der Waals surface area (Å²) in [6.07, 6.45) is -4.77. The van der Waals surface area contributed by atoms with E-state index in [-0.39, 0.29) is 11.1 Å². The van der Waals surface area contributed by atoms with E-state index in [0.29, 0.717) is 12.1 Å². The molecule has 112 valence electrons. The molecule has 8 heteroatoms. The van der Waals surface area contributed by atoms with Crippen LogP contribution in [0.4, 0.5) is 28.9 Å². The van der Waals surface area contributed by atoms with E-state index in [2.05, 4.69) is 4.85 Å². The van der Waals surface area contributed by atoms with Crippen molar-refractivity contribution < 1.29 is 22.5 Å². The summed E-state index contributed by atoms with van der Waals surface area (Å²) in [5.74, 6) is -0.871. The molecule has 0 atom stereocenters. The first kappa shape index (κ1) is 15.4. The van der Waals surface area contributed by atoms with Gasteiger partial charge in [-0.1, -0.05) is 18.2 Å². The second-order valence-electron chi connectivity index (χ2n) is 4.26. The highest BCUT2D eigenvalue weighted by atomic mass is 19.4. The van der Waals surface area contributed by atoms with Gasteiger partial charge in [-0.3, -0.25) is 10.1 Å². The summed E-state index contributed by atoms with van der Waals surface area (Å²) in [7, 11) is 0. The van der Waals surface area contributed by atoms with Crippen LogP contribution in [0.15, 0.2) is 36.4 Å². The second-order valence-corrected chi connectivity index (χ2v) is 4.26. The van der Waals surface area contributed by atoms with E-state index in [1.54, 1.807) is 0 Å². The Bertz CT molecular complexity index is 794. The third-order valence-corrected chi connectivity index (χ3v) is 2.89. The minimum absolute atomic E-state index is 0.119. The van der Waals surface area contributed by atoms with Crippen molar-refractivity contribution in [1.29, 1.82) is 0 Å². The van der Waals surface area contributed by atoms with Crippen LogP contribution in [-0.4, -0.2) is 4.92 Å². The van der Waals surface area contributed by atoms with Crippen LogP contribution in [0.1, 0.15) is 5.56 Å². The summed E-state index contributed by atoms with van der Waals surface area (Å²) in [6, 6.07) is 5.30. The maximum absolute atomic E-state index is 13.1. The Kier molecular flexibility index (Phi) is 3.82. The maximum Gasteiger partial charge on any atom is 0.407 e. The molecule has 0 aliphatic carbocycles. The molecule has 0 aliphatic heterocycles. The van der Waals surface area contributed by atoms with Crippen LogP contribution in [0.3, 0.4) is 0 Å². The highest BCUT2D eigenvalue weighted by molar-refractivity contribution is 5.76. The summed E-state index contributed by atoms with van der Waals surface area (Å²) < 4.78 is 51.8. The van der Waals surface area contributed by atoms with E-state index in [1.807, 2.05) is 0 Å². The molecule has 0 bridgehead atoms. The van der Waals surface area contributed by atoms with Crippen LogP contribution in [-0.2, 0) is 6.18 Å². The van der Waals surface area contributed by atoms with Crippen molar-refractivity contribution in [3.63, 3.8) is 0 Å². The molecule has 2 rings (SSSR count). The van der Waals surface area contributed by atoms with Crippen LogP contribution < -0.4 is 0 Å². The van der Waals surface area contributed by atoms with Gasteiger partial charge >= 0.3 is 6.18 Å². The Hall–Kier alpha value is -2.95. The van der Waals surface area contributed by atoms with Gasteiger partial charge in [-0.2, -0.15) is 13.2 Å². The molecule has 4 nitrogen and oxygen atoms in total. The number of rotatable bonds is 2. The van der Waals surface area contributed by atoms with Crippen LogP contribution >= 0.6 is 0 Å². The monoisotopic (exact) mass is 310 g/mol. The van der Waals surface area contributed by atoms with E-state index in [4.69, 9.17) is 6.57 Å². The van der Waals surface area contributed by atoms with Crippen molar-refractivity contribution in [2.75, 3.05) is 0 Å². The number of benzene rings is 2. The van der Waals surface area contributed by atoms with Gasteiger partial charge in [-0.25, -0.2) is 9.24 Å². The lowest BCUT2D eigenvalue weighted by Crippen LogP contribution is -2.05. The van der Waals surface area contributed by atoms with Gasteiger partial charge in [0.15, 0.2) is 5.69 Å². The average Bonchev–Trinajstić information content (AvgIpc) is 2.45. The SMILES string of the molecule is [C-]#[N+]c1ccc(-c2ccc(F)cc2[N+](=O)[O-])cc1C(F)(F)F. The van der Waals surface area contributed by atoms with E-state index in [0.717, 1.165) is 24.3 Å². The Morgan fingerprint density at radius 2 is 1.82 bits per heavy atom. The van der Waals surface area contributed by atoms with Gasteiger partial charge < -0.3 is 0 Å². The van der Waals surface area contributed by atoms with Crippen molar-refractivity contribution in [3.8, 4) is 11.1 Å². The van der Waals surface area contributed by atoms with Gasteiger partial charge in [-0.15, -0.1) is 0 Å². The number of alkyl halides is 3. The van der Waals surface area contributed by atoms with Crippen LogP contribution in [0, 0.1) is 22.5 Å². The fourth-order valence-electron chi connectivity index (χ4n) is 1.93. The van der Waals surface area contributed by atoms with Gasteiger partial charge in [0.1, 0.15) is 5.82 Å². The molecule has 0 aromatic heterocycles. The topological polar surface area (TPSA) is 47.5 Å². The molecular formula is C14H6F4N2O2. The number of hydrogen-bond acceptors (Lipinski definition) is 2. The lowest BCUT2D eigenvalue weighted by molar-refractivity contribution is -0.384. The molecule has 2 aromatic carbocycles. The van der Waals surface area contributed by atoms with E-state index >= 15 is 0 Å². The number of nitrogens with zero attached hydrogens (tertiary/aromatic N) is 2. The lowest BCUT2D eigenvalue weighted by Gasteiger charge is -2.11. The molecular weight excluding hydrogens is 304 g/mol. The summed E-state index contributed by atoms with van der Waals surface area (Å²) in [5, 5.41) is 10.9. The first-order valence-electron chi connectivity index (χ1n) is 5.77. The molecule has 0 radical (unpaired) electrons. The minimum Gasteiger partial charge on any atom is -0.258 e. The fraction of sp³-hybridized carbons (Fsp3) is 0.0714. The first-order valence-corrected chi connectivity index (χ1v) is 5.77. The van der Waals surface area contributed by atoms with Gasteiger partial charge in [0, 0.05) is 0 Å². The Labute approximate surface area is 121 Å². The third-order valence-electron chi connectivity index (χ3n) is 2.89. The minimum atomic E-state index is -4.77. The van der Waals surface area contributed by atoms with E-state index < -0.39 is 33.9 Å². The summed E-state index contributed by atoms with van der Waals surface area (Å²) in [6.45, 7) is 6.75. The first-order chi connectivity index (χ1) is 10.2. The third kappa shape index (κ3) is 2.88. The van der Waals surface area contributed by atoms with Crippen LogP contribution in [0.5, 0.6) is 0 Å². The van der Waals surface area contributed by atoms with E-state index in [1.165, 1.54) is 0 Å². The van der Waals surface area contributed by atoms with Crippen LogP contribution in [0.25, 0.3) is 16.0 Å². The van der Waals surface area contributed by atoms with Crippen molar-refractivity contribution in [2.24, 2.45) is 0 Å². The highest BCUT2D eigenvalue weighted by Gasteiger charge is 2.34. The normalized spacial score (nSPS) is 11.0. The van der Waals surface area contributed by atoms with Crippen LogP contribution in [0.2, 0.25) is 0 Å². The van der Waals surface area contributed by atoms with Gasteiger partial charge in [0.05, 0.1) is 28.7 Å². The molecule has 0 N–H and O–H groups in total. The quantitative estimate of drug-likeness (QED) is 0.340.